The quantitative estimate of drug-likeness (QED) is 0.868. The molecule has 0 N–H and O–H groups in total. The summed E-state index contributed by atoms with van der Waals surface area (Å²) in [6, 6.07) is 12.7. The lowest BCUT2D eigenvalue weighted by Crippen LogP contribution is -2.25. The van der Waals surface area contributed by atoms with Crippen LogP contribution in [0.3, 0.4) is 0 Å². The molecule has 1 heterocycles. The van der Waals surface area contributed by atoms with Gasteiger partial charge in [-0.1, -0.05) is 23.7 Å². The van der Waals surface area contributed by atoms with E-state index in [2.05, 4.69) is 6.07 Å². The molecular weight excluding hydrogens is 280 g/mol. The third-order valence-electron chi connectivity index (χ3n) is 2.61. The molecule has 2 aromatic rings. The molecule has 0 saturated heterocycles. The summed E-state index contributed by atoms with van der Waals surface area (Å²) in [6.07, 6.45) is 0. The number of thiophene rings is 1. The first-order chi connectivity index (χ1) is 9.10. The number of halogens is 1. The molecule has 2 rings (SSSR count). The Morgan fingerprint density at radius 1 is 1.42 bits per heavy atom. The maximum Gasteiger partial charge on any atom is 0.264 e. The Kier molecular flexibility index (Phi) is 4.20. The molecule has 1 aromatic heterocycles. The van der Waals surface area contributed by atoms with Crippen LogP contribution in [0.15, 0.2) is 36.4 Å². The molecule has 1 amide bonds. The second-order valence-corrected chi connectivity index (χ2v) is 5.79. The summed E-state index contributed by atoms with van der Waals surface area (Å²) in [5.41, 5.74) is 1.52. The van der Waals surface area contributed by atoms with Gasteiger partial charge in [0, 0.05) is 13.6 Å². The average molecular weight is 291 g/mol. The normalized spacial score (nSPS) is 9.95. The summed E-state index contributed by atoms with van der Waals surface area (Å²) in [6.45, 7) is 0.462. The summed E-state index contributed by atoms with van der Waals surface area (Å²) >= 11 is 7.08. The fourth-order valence-corrected chi connectivity index (χ4v) is 2.74. The monoisotopic (exact) mass is 290 g/mol. The van der Waals surface area contributed by atoms with Gasteiger partial charge in [-0.2, -0.15) is 5.26 Å². The van der Waals surface area contributed by atoms with Crippen molar-refractivity contribution in [2.24, 2.45) is 0 Å². The van der Waals surface area contributed by atoms with E-state index in [-0.39, 0.29) is 5.91 Å². The number of hydrogen-bond donors (Lipinski definition) is 0. The zero-order chi connectivity index (χ0) is 13.8. The molecule has 0 unspecified atom stereocenters. The Balaban J connectivity index is 2.10. The fraction of sp³-hybridized carbons (Fsp3) is 0.143. The first-order valence-corrected chi connectivity index (χ1v) is 6.79. The van der Waals surface area contributed by atoms with Crippen molar-refractivity contribution in [3.05, 3.63) is 56.7 Å². The predicted octanol–water partition coefficient (Wildman–Crippen LogP) is 3.55. The van der Waals surface area contributed by atoms with Crippen LogP contribution in [-0.4, -0.2) is 17.9 Å². The van der Waals surface area contributed by atoms with Gasteiger partial charge in [-0.3, -0.25) is 4.79 Å². The smallest absolute Gasteiger partial charge is 0.264 e. The predicted molar refractivity (Wildman–Crippen MR) is 76.3 cm³/mol. The molecule has 0 spiro atoms. The maximum atomic E-state index is 12.1. The van der Waals surface area contributed by atoms with Gasteiger partial charge < -0.3 is 4.90 Å². The van der Waals surface area contributed by atoms with Gasteiger partial charge in [0.25, 0.3) is 5.91 Å². The lowest BCUT2D eigenvalue weighted by molar-refractivity contribution is 0.0790. The second kappa shape index (κ2) is 5.87. The molecule has 0 aliphatic carbocycles. The molecule has 0 atom stereocenters. The SMILES string of the molecule is CN(Cc1cccc(C#N)c1)C(=O)c1ccc(Cl)s1. The summed E-state index contributed by atoms with van der Waals surface area (Å²) in [5.74, 6) is -0.0701. The van der Waals surface area contributed by atoms with E-state index in [0.29, 0.717) is 21.3 Å². The van der Waals surface area contributed by atoms with Crippen LogP contribution >= 0.6 is 22.9 Å². The van der Waals surface area contributed by atoms with Crippen molar-refractivity contribution < 1.29 is 4.79 Å². The third-order valence-corrected chi connectivity index (χ3v) is 3.83. The van der Waals surface area contributed by atoms with E-state index in [1.807, 2.05) is 12.1 Å². The fourth-order valence-electron chi connectivity index (χ4n) is 1.70. The van der Waals surface area contributed by atoms with Gasteiger partial charge in [0.05, 0.1) is 20.8 Å². The Morgan fingerprint density at radius 2 is 2.21 bits per heavy atom. The molecule has 3 nitrogen and oxygen atoms in total. The number of rotatable bonds is 3. The van der Waals surface area contributed by atoms with E-state index in [1.165, 1.54) is 11.3 Å². The zero-order valence-corrected chi connectivity index (χ0v) is 11.8. The summed E-state index contributed by atoms with van der Waals surface area (Å²) in [5, 5.41) is 8.84. The Morgan fingerprint density at radius 3 is 2.84 bits per heavy atom. The van der Waals surface area contributed by atoms with E-state index in [0.717, 1.165) is 5.56 Å². The number of hydrogen-bond acceptors (Lipinski definition) is 3. The molecule has 19 heavy (non-hydrogen) atoms. The van der Waals surface area contributed by atoms with Crippen LogP contribution in [0.1, 0.15) is 20.8 Å². The highest BCUT2D eigenvalue weighted by molar-refractivity contribution is 7.17. The average Bonchev–Trinajstić information content (AvgIpc) is 2.84. The summed E-state index contributed by atoms with van der Waals surface area (Å²) < 4.78 is 0.600. The van der Waals surface area contributed by atoms with E-state index in [4.69, 9.17) is 16.9 Å². The molecule has 0 aliphatic rings. The molecule has 0 saturated carbocycles. The number of nitriles is 1. The second-order valence-electron chi connectivity index (χ2n) is 4.08. The third kappa shape index (κ3) is 3.34. The van der Waals surface area contributed by atoms with Crippen molar-refractivity contribution >= 4 is 28.8 Å². The van der Waals surface area contributed by atoms with Gasteiger partial charge in [-0.25, -0.2) is 0 Å². The van der Waals surface area contributed by atoms with E-state index in [1.54, 1.807) is 36.2 Å². The van der Waals surface area contributed by atoms with Crippen LogP contribution in [0.4, 0.5) is 0 Å². The Hall–Kier alpha value is -1.83. The standard InChI is InChI=1S/C14H11ClN2OS/c1-17(14(18)12-5-6-13(15)19-12)9-11-4-2-3-10(7-11)8-16/h2-7H,9H2,1H3. The summed E-state index contributed by atoms with van der Waals surface area (Å²) in [7, 11) is 1.73. The molecule has 1 aromatic carbocycles. The first-order valence-electron chi connectivity index (χ1n) is 5.60. The highest BCUT2D eigenvalue weighted by Gasteiger charge is 2.14. The zero-order valence-electron chi connectivity index (χ0n) is 10.3. The van der Waals surface area contributed by atoms with Crippen LogP contribution in [0.2, 0.25) is 4.34 Å². The number of amides is 1. The number of carbonyl (C=O) groups excluding carboxylic acids is 1. The van der Waals surface area contributed by atoms with Crippen molar-refractivity contribution in [2.45, 2.75) is 6.54 Å². The molecule has 0 bridgehead atoms. The lowest BCUT2D eigenvalue weighted by atomic mass is 10.1. The van der Waals surface area contributed by atoms with Crippen molar-refractivity contribution in [1.82, 2.24) is 4.90 Å². The largest absolute Gasteiger partial charge is 0.337 e. The van der Waals surface area contributed by atoms with E-state index in [9.17, 15) is 4.79 Å². The van der Waals surface area contributed by atoms with Crippen LogP contribution in [0, 0.1) is 11.3 Å². The van der Waals surface area contributed by atoms with Crippen molar-refractivity contribution in [3.8, 4) is 6.07 Å². The highest BCUT2D eigenvalue weighted by atomic mass is 35.5. The Labute approximate surface area is 120 Å². The molecule has 0 fully saturated rings. The van der Waals surface area contributed by atoms with Gasteiger partial charge in [-0.15, -0.1) is 11.3 Å². The maximum absolute atomic E-state index is 12.1. The van der Waals surface area contributed by atoms with Gasteiger partial charge in [0.2, 0.25) is 0 Å². The number of nitrogens with zero attached hydrogens (tertiary/aromatic N) is 2. The summed E-state index contributed by atoms with van der Waals surface area (Å²) in [4.78, 5) is 14.4. The van der Waals surface area contributed by atoms with Crippen LogP contribution in [0.25, 0.3) is 0 Å². The topological polar surface area (TPSA) is 44.1 Å². The molecule has 0 aliphatic heterocycles. The van der Waals surface area contributed by atoms with Gasteiger partial charge >= 0.3 is 0 Å². The molecule has 0 radical (unpaired) electrons. The van der Waals surface area contributed by atoms with E-state index < -0.39 is 0 Å². The lowest BCUT2D eigenvalue weighted by Gasteiger charge is -2.16. The molecular formula is C14H11ClN2OS. The minimum absolute atomic E-state index is 0.0701. The highest BCUT2D eigenvalue weighted by Crippen LogP contribution is 2.23. The van der Waals surface area contributed by atoms with Crippen molar-refractivity contribution in [1.29, 1.82) is 5.26 Å². The molecule has 5 heteroatoms. The number of carbonyl (C=O) groups is 1. The van der Waals surface area contributed by atoms with Gasteiger partial charge in [-0.05, 0) is 29.8 Å². The van der Waals surface area contributed by atoms with Gasteiger partial charge in [0.15, 0.2) is 0 Å². The van der Waals surface area contributed by atoms with Crippen LogP contribution in [-0.2, 0) is 6.54 Å². The molecule has 96 valence electrons. The van der Waals surface area contributed by atoms with Crippen molar-refractivity contribution in [3.63, 3.8) is 0 Å². The minimum Gasteiger partial charge on any atom is -0.337 e. The van der Waals surface area contributed by atoms with Crippen LogP contribution in [0.5, 0.6) is 0 Å². The van der Waals surface area contributed by atoms with Gasteiger partial charge in [0.1, 0.15) is 0 Å². The minimum atomic E-state index is -0.0701. The number of benzene rings is 1. The van der Waals surface area contributed by atoms with Crippen molar-refractivity contribution in [2.75, 3.05) is 7.05 Å². The first kappa shape index (κ1) is 13.6. The van der Waals surface area contributed by atoms with Crippen LogP contribution < -0.4 is 0 Å². The Bertz CT molecular complexity index is 645. The van der Waals surface area contributed by atoms with E-state index >= 15 is 0 Å².